The summed E-state index contributed by atoms with van der Waals surface area (Å²) >= 11 is 1.71. The maximum atomic E-state index is 8.89. The Morgan fingerprint density at radius 2 is 2.23 bits per heavy atom. The van der Waals surface area contributed by atoms with E-state index in [-0.39, 0.29) is 12.6 Å². The van der Waals surface area contributed by atoms with Gasteiger partial charge in [-0.15, -0.1) is 11.3 Å². The lowest BCUT2D eigenvalue weighted by Crippen LogP contribution is -2.13. The zero-order valence-electron chi connectivity index (χ0n) is 7.10. The molecule has 0 spiro atoms. The van der Waals surface area contributed by atoms with Crippen molar-refractivity contribution in [3.05, 3.63) is 35.2 Å². The highest BCUT2D eigenvalue weighted by molar-refractivity contribution is 7.17. The van der Waals surface area contributed by atoms with Gasteiger partial charge in [0.25, 0.3) is 0 Å². The number of aliphatic hydroxyl groups is 1. The van der Waals surface area contributed by atoms with Gasteiger partial charge in [0.05, 0.1) is 12.6 Å². The number of fused-ring (bicyclic) bond motifs is 1. The normalized spacial score (nSPS) is 13.4. The first-order valence-electron chi connectivity index (χ1n) is 4.15. The minimum atomic E-state index is -0.260. The molecule has 0 saturated carbocycles. The van der Waals surface area contributed by atoms with Gasteiger partial charge in [0.2, 0.25) is 0 Å². The second kappa shape index (κ2) is 3.46. The molecule has 0 saturated heterocycles. The highest BCUT2D eigenvalue weighted by Gasteiger charge is 2.04. The molecule has 0 amide bonds. The van der Waals surface area contributed by atoms with Crippen LogP contribution in [-0.2, 0) is 0 Å². The predicted molar refractivity (Wildman–Crippen MR) is 55.8 cm³/mol. The van der Waals surface area contributed by atoms with E-state index in [4.69, 9.17) is 10.8 Å². The van der Waals surface area contributed by atoms with Gasteiger partial charge in [0.15, 0.2) is 0 Å². The van der Waals surface area contributed by atoms with Crippen molar-refractivity contribution in [2.45, 2.75) is 6.04 Å². The summed E-state index contributed by atoms with van der Waals surface area (Å²) in [5.41, 5.74) is 6.70. The molecule has 0 fully saturated rings. The molecule has 2 nitrogen and oxygen atoms in total. The summed E-state index contributed by atoms with van der Waals surface area (Å²) in [6.07, 6.45) is 0. The second-order valence-electron chi connectivity index (χ2n) is 3.01. The Morgan fingerprint density at radius 1 is 1.38 bits per heavy atom. The molecule has 1 aromatic heterocycles. The van der Waals surface area contributed by atoms with Crippen LogP contribution in [0.5, 0.6) is 0 Å². The average molecular weight is 193 g/mol. The molecule has 1 aromatic carbocycles. The Kier molecular flexibility index (Phi) is 2.31. The van der Waals surface area contributed by atoms with Crippen molar-refractivity contribution >= 4 is 21.4 Å². The molecule has 1 heterocycles. The van der Waals surface area contributed by atoms with E-state index in [9.17, 15) is 0 Å². The SMILES string of the molecule is NC(CO)c1ccc2sccc2c1. The van der Waals surface area contributed by atoms with Gasteiger partial charge < -0.3 is 10.8 Å². The van der Waals surface area contributed by atoms with Gasteiger partial charge in [-0.3, -0.25) is 0 Å². The summed E-state index contributed by atoms with van der Waals surface area (Å²) < 4.78 is 1.26. The van der Waals surface area contributed by atoms with Gasteiger partial charge in [-0.25, -0.2) is 0 Å². The lowest BCUT2D eigenvalue weighted by Gasteiger charge is -2.07. The first-order chi connectivity index (χ1) is 6.31. The average Bonchev–Trinajstić information content (AvgIpc) is 2.63. The molecular weight excluding hydrogens is 182 g/mol. The third-order valence-electron chi connectivity index (χ3n) is 2.10. The van der Waals surface area contributed by atoms with Crippen LogP contribution >= 0.6 is 11.3 Å². The fourth-order valence-corrected chi connectivity index (χ4v) is 2.09. The van der Waals surface area contributed by atoms with Crippen LogP contribution in [-0.4, -0.2) is 11.7 Å². The first-order valence-corrected chi connectivity index (χ1v) is 5.03. The van der Waals surface area contributed by atoms with Crippen LogP contribution in [0.4, 0.5) is 0 Å². The molecule has 0 bridgehead atoms. The van der Waals surface area contributed by atoms with E-state index in [0.29, 0.717) is 0 Å². The molecule has 0 radical (unpaired) electrons. The molecule has 0 aliphatic rings. The summed E-state index contributed by atoms with van der Waals surface area (Å²) in [7, 11) is 0. The molecule has 1 atom stereocenters. The minimum Gasteiger partial charge on any atom is -0.394 e. The number of benzene rings is 1. The molecule has 1 unspecified atom stereocenters. The molecule has 0 aliphatic carbocycles. The Hall–Kier alpha value is -0.900. The van der Waals surface area contributed by atoms with Crippen molar-refractivity contribution in [1.82, 2.24) is 0 Å². The molecule has 0 aliphatic heterocycles. The predicted octanol–water partition coefficient (Wildman–Crippen LogP) is 1.89. The number of aliphatic hydroxyl groups excluding tert-OH is 1. The van der Waals surface area contributed by atoms with E-state index in [1.54, 1.807) is 11.3 Å². The Morgan fingerprint density at radius 3 is 3.00 bits per heavy atom. The van der Waals surface area contributed by atoms with Gasteiger partial charge in [-0.1, -0.05) is 6.07 Å². The number of rotatable bonds is 2. The van der Waals surface area contributed by atoms with E-state index in [2.05, 4.69) is 11.4 Å². The summed E-state index contributed by atoms with van der Waals surface area (Å²) in [6.45, 7) is -0.00432. The topological polar surface area (TPSA) is 46.2 Å². The third kappa shape index (κ3) is 1.58. The van der Waals surface area contributed by atoms with Crippen molar-refractivity contribution in [2.75, 3.05) is 6.61 Å². The largest absolute Gasteiger partial charge is 0.394 e. The van der Waals surface area contributed by atoms with E-state index in [1.165, 1.54) is 10.1 Å². The van der Waals surface area contributed by atoms with Crippen LogP contribution in [0.1, 0.15) is 11.6 Å². The van der Waals surface area contributed by atoms with Crippen molar-refractivity contribution in [1.29, 1.82) is 0 Å². The number of nitrogens with two attached hydrogens (primary N) is 1. The zero-order chi connectivity index (χ0) is 9.26. The fourth-order valence-electron chi connectivity index (χ4n) is 1.32. The van der Waals surface area contributed by atoms with E-state index in [1.807, 2.05) is 18.2 Å². The van der Waals surface area contributed by atoms with Gasteiger partial charge in [0, 0.05) is 4.70 Å². The molecule has 2 aromatic rings. The van der Waals surface area contributed by atoms with Crippen LogP contribution < -0.4 is 5.73 Å². The summed E-state index contributed by atoms with van der Waals surface area (Å²) in [5, 5.41) is 12.1. The van der Waals surface area contributed by atoms with Crippen LogP contribution in [0.15, 0.2) is 29.6 Å². The fraction of sp³-hybridized carbons (Fsp3) is 0.200. The molecular formula is C10H11NOS. The van der Waals surface area contributed by atoms with Crippen LogP contribution in [0.3, 0.4) is 0 Å². The molecule has 68 valence electrons. The Balaban J connectivity index is 2.48. The molecule has 13 heavy (non-hydrogen) atoms. The Labute approximate surface area is 80.6 Å². The summed E-state index contributed by atoms with van der Waals surface area (Å²) in [5.74, 6) is 0. The summed E-state index contributed by atoms with van der Waals surface area (Å²) in [4.78, 5) is 0. The highest BCUT2D eigenvalue weighted by atomic mass is 32.1. The third-order valence-corrected chi connectivity index (χ3v) is 3.00. The monoisotopic (exact) mass is 193 g/mol. The smallest absolute Gasteiger partial charge is 0.0624 e. The maximum Gasteiger partial charge on any atom is 0.0624 e. The molecule has 3 heteroatoms. The van der Waals surface area contributed by atoms with E-state index in [0.717, 1.165) is 5.56 Å². The van der Waals surface area contributed by atoms with Crippen LogP contribution in [0.2, 0.25) is 0 Å². The quantitative estimate of drug-likeness (QED) is 0.765. The molecule has 3 N–H and O–H groups in total. The standard InChI is InChI=1S/C10H11NOS/c11-9(6-12)7-1-2-10-8(5-7)3-4-13-10/h1-5,9,12H,6,11H2. The van der Waals surface area contributed by atoms with Crippen LogP contribution in [0.25, 0.3) is 10.1 Å². The second-order valence-corrected chi connectivity index (χ2v) is 3.95. The highest BCUT2D eigenvalue weighted by Crippen LogP contribution is 2.23. The van der Waals surface area contributed by atoms with Crippen molar-refractivity contribution in [3.63, 3.8) is 0 Å². The first kappa shape index (κ1) is 8.69. The van der Waals surface area contributed by atoms with E-state index >= 15 is 0 Å². The van der Waals surface area contributed by atoms with Crippen molar-refractivity contribution in [3.8, 4) is 0 Å². The lowest BCUT2D eigenvalue weighted by atomic mass is 10.1. The minimum absolute atomic E-state index is 0.00432. The number of hydrogen-bond acceptors (Lipinski definition) is 3. The Bertz CT molecular complexity index is 410. The van der Waals surface area contributed by atoms with Crippen molar-refractivity contribution in [2.24, 2.45) is 5.73 Å². The van der Waals surface area contributed by atoms with Gasteiger partial charge in [-0.05, 0) is 34.5 Å². The van der Waals surface area contributed by atoms with Crippen LogP contribution in [0, 0.1) is 0 Å². The van der Waals surface area contributed by atoms with Gasteiger partial charge in [0.1, 0.15) is 0 Å². The van der Waals surface area contributed by atoms with Crippen molar-refractivity contribution < 1.29 is 5.11 Å². The maximum absolute atomic E-state index is 8.89. The van der Waals surface area contributed by atoms with Gasteiger partial charge >= 0.3 is 0 Å². The molecule has 2 rings (SSSR count). The van der Waals surface area contributed by atoms with Gasteiger partial charge in [-0.2, -0.15) is 0 Å². The number of thiophene rings is 1. The lowest BCUT2D eigenvalue weighted by molar-refractivity contribution is 0.268. The van der Waals surface area contributed by atoms with E-state index < -0.39 is 0 Å². The number of hydrogen-bond donors (Lipinski definition) is 2. The zero-order valence-corrected chi connectivity index (χ0v) is 7.92. The summed E-state index contributed by atoms with van der Waals surface area (Å²) in [6, 6.07) is 7.86.